The van der Waals surface area contributed by atoms with Crippen molar-refractivity contribution >= 4 is 17.4 Å². The Bertz CT molecular complexity index is 252. The highest BCUT2D eigenvalue weighted by Crippen LogP contribution is 1.93. The molecule has 0 aliphatic rings. The zero-order valence-electron chi connectivity index (χ0n) is 6.03. The summed E-state index contributed by atoms with van der Waals surface area (Å²) in [5.74, 6) is 0. The molecule has 0 amide bonds. The number of aromatic nitrogens is 1. The summed E-state index contributed by atoms with van der Waals surface area (Å²) < 4.78 is 0. The van der Waals surface area contributed by atoms with E-state index in [1.54, 1.807) is 6.20 Å². The van der Waals surface area contributed by atoms with Gasteiger partial charge in [-0.25, -0.2) is 4.99 Å². The van der Waals surface area contributed by atoms with Crippen molar-refractivity contribution in [2.24, 2.45) is 4.99 Å². The Morgan fingerprint density at radius 2 is 2.45 bits per heavy atom. The number of isothiocyanates is 1. The third kappa shape index (κ3) is 3.03. The Balaban J connectivity index is 2.45. The Kier molecular flexibility index (Phi) is 3.45. The molecule has 11 heavy (non-hydrogen) atoms. The zero-order chi connectivity index (χ0) is 7.94. The molecule has 0 spiro atoms. The van der Waals surface area contributed by atoms with Crippen LogP contribution in [0, 0.1) is 0 Å². The van der Waals surface area contributed by atoms with E-state index >= 15 is 0 Å². The van der Waals surface area contributed by atoms with Crippen molar-refractivity contribution in [2.45, 2.75) is 6.42 Å². The van der Waals surface area contributed by atoms with Gasteiger partial charge in [-0.1, -0.05) is 6.07 Å². The first-order valence-electron chi connectivity index (χ1n) is 3.37. The van der Waals surface area contributed by atoms with Crippen LogP contribution in [0.1, 0.15) is 5.69 Å². The van der Waals surface area contributed by atoms with Crippen LogP contribution in [0.4, 0.5) is 0 Å². The number of hydrogen-bond acceptors (Lipinski definition) is 3. The van der Waals surface area contributed by atoms with Crippen molar-refractivity contribution in [3.8, 4) is 0 Å². The van der Waals surface area contributed by atoms with Gasteiger partial charge in [0.2, 0.25) is 0 Å². The van der Waals surface area contributed by atoms with Crippen LogP contribution in [0.3, 0.4) is 0 Å². The van der Waals surface area contributed by atoms with Crippen LogP contribution in [0.15, 0.2) is 29.4 Å². The molecular weight excluding hydrogens is 156 g/mol. The highest BCUT2D eigenvalue weighted by Gasteiger charge is 1.88. The lowest BCUT2D eigenvalue weighted by atomic mass is 10.3. The van der Waals surface area contributed by atoms with E-state index in [2.05, 4.69) is 27.4 Å². The molecule has 1 rings (SSSR count). The van der Waals surface area contributed by atoms with Crippen LogP contribution in [0.2, 0.25) is 0 Å². The highest BCUT2D eigenvalue weighted by molar-refractivity contribution is 7.78. The molecule has 0 fully saturated rings. The smallest absolute Gasteiger partial charge is 0.0585 e. The van der Waals surface area contributed by atoms with E-state index in [1.165, 1.54) is 0 Å². The fraction of sp³-hybridized carbons (Fsp3) is 0.250. The van der Waals surface area contributed by atoms with Crippen molar-refractivity contribution in [1.82, 2.24) is 4.98 Å². The molecule has 0 saturated carbocycles. The molecule has 1 aromatic heterocycles. The summed E-state index contributed by atoms with van der Waals surface area (Å²) in [5, 5.41) is 2.32. The maximum atomic E-state index is 4.43. The van der Waals surface area contributed by atoms with Gasteiger partial charge in [-0.05, 0) is 24.4 Å². The predicted octanol–water partition coefficient (Wildman–Crippen LogP) is 1.73. The minimum atomic E-state index is 0.681. The number of hydrogen-bond donors (Lipinski definition) is 0. The van der Waals surface area contributed by atoms with Crippen molar-refractivity contribution in [3.63, 3.8) is 0 Å². The number of rotatable bonds is 3. The topological polar surface area (TPSA) is 25.2 Å². The molecule has 0 unspecified atom stereocenters. The minimum Gasteiger partial charge on any atom is -0.261 e. The molecule has 3 heteroatoms. The molecule has 2 nitrogen and oxygen atoms in total. The van der Waals surface area contributed by atoms with Crippen LogP contribution < -0.4 is 0 Å². The first kappa shape index (κ1) is 8.05. The van der Waals surface area contributed by atoms with Crippen molar-refractivity contribution in [1.29, 1.82) is 0 Å². The molecule has 56 valence electrons. The quantitative estimate of drug-likeness (QED) is 0.502. The standard InChI is InChI=1S/C8H8N2S/c11-7-9-6-4-8-3-1-2-5-10-8/h1-3,5H,4,6H2. The van der Waals surface area contributed by atoms with Crippen molar-refractivity contribution < 1.29 is 0 Å². The van der Waals surface area contributed by atoms with Gasteiger partial charge in [0.05, 0.1) is 11.7 Å². The fourth-order valence-electron chi connectivity index (χ4n) is 0.762. The first-order chi connectivity index (χ1) is 5.43. The summed E-state index contributed by atoms with van der Waals surface area (Å²) in [6.07, 6.45) is 2.61. The van der Waals surface area contributed by atoms with E-state index in [9.17, 15) is 0 Å². The SMILES string of the molecule is S=C=NCCc1ccccn1. The van der Waals surface area contributed by atoms with Gasteiger partial charge in [-0.3, -0.25) is 4.98 Å². The Labute approximate surface area is 71.0 Å². The van der Waals surface area contributed by atoms with Crippen LogP contribution in [-0.2, 0) is 6.42 Å². The van der Waals surface area contributed by atoms with Crippen molar-refractivity contribution in [2.75, 3.05) is 6.54 Å². The van der Waals surface area contributed by atoms with Crippen molar-refractivity contribution in [3.05, 3.63) is 30.1 Å². The summed E-state index contributed by atoms with van der Waals surface area (Å²) >= 11 is 4.43. The number of nitrogens with zero attached hydrogens (tertiary/aromatic N) is 2. The molecule has 0 saturated heterocycles. The summed E-state index contributed by atoms with van der Waals surface area (Å²) in [6.45, 7) is 0.681. The van der Waals surface area contributed by atoms with Crippen LogP contribution in [0.25, 0.3) is 0 Å². The predicted molar refractivity (Wildman–Crippen MR) is 47.8 cm³/mol. The summed E-state index contributed by atoms with van der Waals surface area (Å²) in [5.41, 5.74) is 1.04. The van der Waals surface area contributed by atoms with Crippen LogP contribution >= 0.6 is 12.2 Å². The first-order valence-corrected chi connectivity index (χ1v) is 3.78. The molecule has 0 aromatic carbocycles. The molecule has 0 aliphatic carbocycles. The summed E-state index contributed by atoms with van der Waals surface area (Å²) in [4.78, 5) is 7.92. The van der Waals surface area contributed by atoms with E-state index in [1.807, 2.05) is 18.2 Å². The van der Waals surface area contributed by atoms with E-state index < -0.39 is 0 Å². The Hall–Kier alpha value is -1.05. The molecule has 0 aliphatic heterocycles. The van der Waals surface area contributed by atoms with Gasteiger partial charge in [0.1, 0.15) is 0 Å². The van der Waals surface area contributed by atoms with Gasteiger partial charge in [0.25, 0.3) is 0 Å². The highest BCUT2D eigenvalue weighted by atomic mass is 32.1. The molecule has 1 heterocycles. The van der Waals surface area contributed by atoms with E-state index in [0.29, 0.717) is 6.54 Å². The number of aliphatic imine (C=N–C) groups is 1. The fourth-order valence-corrected chi connectivity index (χ4v) is 0.853. The zero-order valence-corrected chi connectivity index (χ0v) is 6.84. The Morgan fingerprint density at radius 3 is 3.09 bits per heavy atom. The lowest BCUT2D eigenvalue weighted by molar-refractivity contribution is 0.929. The summed E-state index contributed by atoms with van der Waals surface area (Å²) in [7, 11) is 0. The van der Waals surface area contributed by atoms with Gasteiger partial charge in [-0.2, -0.15) is 0 Å². The van der Waals surface area contributed by atoms with Crippen LogP contribution in [0.5, 0.6) is 0 Å². The third-order valence-electron chi connectivity index (χ3n) is 1.27. The second-order valence-electron chi connectivity index (χ2n) is 2.04. The molecular formula is C8H8N2S. The third-order valence-corrected chi connectivity index (χ3v) is 1.40. The lowest BCUT2D eigenvalue weighted by Gasteiger charge is -1.93. The molecule has 0 radical (unpaired) electrons. The average molecular weight is 164 g/mol. The normalized spacial score (nSPS) is 8.73. The monoisotopic (exact) mass is 164 g/mol. The van der Waals surface area contributed by atoms with Gasteiger partial charge in [-0.15, -0.1) is 0 Å². The van der Waals surface area contributed by atoms with Crippen LogP contribution in [-0.4, -0.2) is 16.7 Å². The second kappa shape index (κ2) is 4.72. The largest absolute Gasteiger partial charge is 0.261 e. The number of pyridine rings is 1. The van der Waals surface area contributed by atoms with E-state index in [-0.39, 0.29) is 0 Å². The van der Waals surface area contributed by atoms with Gasteiger partial charge < -0.3 is 0 Å². The van der Waals surface area contributed by atoms with Gasteiger partial charge in [0, 0.05) is 18.3 Å². The lowest BCUT2D eigenvalue weighted by Crippen LogP contribution is -1.91. The average Bonchev–Trinajstić information content (AvgIpc) is 2.07. The maximum Gasteiger partial charge on any atom is 0.0585 e. The molecule has 0 N–H and O–H groups in total. The molecule has 1 aromatic rings. The Morgan fingerprint density at radius 1 is 1.55 bits per heavy atom. The minimum absolute atomic E-state index is 0.681. The number of thiocarbonyl (C=S) groups is 1. The second-order valence-corrected chi connectivity index (χ2v) is 2.23. The van der Waals surface area contributed by atoms with Gasteiger partial charge >= 0.3 is 0 Å². The van der Waals surface area contributed by atoms with E-state index in [0.717, 1.165) is 12.1 Å². The maximum absolute atomic E-state index is 4.43. The van der Waals surface area contributed by atoms with Gasteiger partial charge in [0.15, 0.2) is 0 Å². The van der Waals surface area contributed by atoms with E-state index in [4.69, 9.17) is 0 Å². The summed E-state index contributed by atoms with van der Waals surface area (Å²) in [6, 6.07) is 5.83. The molecule has 0 atom stereocenters. The molecule has 0 bridgehead atoms.